The molecule has 1 aromatic carbocycles. The summed E-state index contributed by atoms with van der Waals surface area (Å²) in [5.41, 5.74) is 1.32. The van der Waals surface area contributed by atoms with Crippen molar-refractivity contribution in [3.63, 3.8) is 0 Å². The van der Waals surface area contributed by atoms with Crippen molar-refractivity contribution >= 4 is 5.84 Å². The highest BCUT2D eigenvalue weighted by molar-refractivity contribution is 6.00. The van der Waals surface area contributed by atoms with E-state index in [2.05, 4.69) is 10.1 Å². The highest BCUT2D eigenvalue weighted by Gasteiger charge is 2.22. The molecule has 6 nitrogen and oxygen atoms in total. The third-order valence-electron chi connectivity index (χ3n) is 3.67. The van der Waals surface area contributed by atoms with Crippen molar-refractivity contribution in [3.8, 4) is 11.6 Å². The van der Waals surface area contributed by atoms with Crippen LogP contribution in [0, 0.1) is 12.7 Å². The van der Waals surface area contributed by atoms with E-state index in [0.717, 1.165) is 5.69 Å². The van der Waals surface area contributed by atoms with Crippen molar-refractivity contribution in [3.05, 3.63) is 53.5 Å². The van der Waals surface area contributed by atoms with Gasteiger partial charge in [-0.15, -0.1) is 0 Å². The number of hydrogen-bond donors (Lipinski definition) is 1. The van der Waals surface area contributed by atoms with Gasteiger partial charge in [-0.3, -0.25) is 0 Å². The van der Waals surface area contributed by atoms with Crippen LogP contribution in [0.1, 0.15) is 11.3 Å². The van der Waals surface area contributed by atoms with E-state index in [1.807, 2.05) is 17.9 Å². The topological polar surface area (TPSA) is 67.2 Å². The minimum Gasteiger partial charge on any atom is -0.438 e. The van der Waals surface area contributed by atoms with Crippen molar-refractivity contribution < 1.29 is 19.1 Å². The summed E-state index contributed by atoms with van der Waals surface area (Å²) in [7, 11) is 0. The van der Waals surface area contributed by atoms with Crippen LogP contribution >= 0.6 is 0 Å². The summed E-state index contributed by atoms with van der Waals surface area (Å²) in [6.45, 7) is 4.19. The maximum atomic E-state index is 13.1. The average Bonchev–Trinajstić information content (AvgIpc) is 2.60. The van der Waals surface area contributed by atoms with Gasteiger partial charge in [0.15, 0.2) is 5.84 Å². The van der Waals surface area contributed by atoms with E-state index in [-0.39, 0.29) is 5.82 Å². The predicted octanol–water partition coefficient (Wildman–Crippen LogP) is 2.79. The molecule has 1 aliphatic heterocycles. The molecule has 0 unspecified atom stereocenters. The molecule has 2 heterocycles. The monoisotopic (exact) mass is 331 g/mol. The lowest BCUT2D eigenvalue weighted by Crippen LogP contribution is -2.41. The highest BCUT2D eigenvalue weighted by atomic mass is 19.1. The maximum Gasteiger partial charge on any atom is 0.230 e. The normalized spacial score (nSPS) is 15.4. The van der Waals surface area contributed by atoms with Gasteiger partial charge in [0.2, 0.25) is 5.88 Å². The van der Waals surface area contributed by atoms with Crippen LogP contribution in [0.15, 0.2) is 41.6 Å². The van der Waals surface area contributed by atoms with Crippen molar-refractivity contribution in [2.75, 3.05) is 26.3 Å². The van der Waals surface area contributed by atoms with E-state index in [1.54, 1.807) is 6.07 Å². The van der Waals surface area contributed by atoms with E-state index >= 15 is 0 Å². The Balaban J connectivity index is 1.93. The Kier molecular flexibility index (Phi) is 4.90. The number of pyridine rings is 1. The third-order valence-corrected chi connectivity index (χ3v) is 3.67. The van der Waals surface area contributed by atoms with Crippen LogP contribution in [-0.2, 0) is 4.74 Å². The highest BCUT2D eigenvalue weighted by Crippen LogP contribution is 2.25. The number of amidine groups is 1. The number of aryl methyl sites for hydroxylation is 1. The molecule has 1 aliphatic rings. The number of rotatable bonds is 3. The number of nitrogens with zero attached hydrogens (tertiary/aromatic N) is 3. The smallest absolute Gasteiger partial charge is 0.230 e. The molecule has 0 saturated carbocycles. The van der Waals surface area contributed by atoms with E-state index in [9.17, 15) is 9.60 Å². The lowest BCUT2D eigenvalue weighted by atomic mass is 10.2. The van der Waals surface area contributed by atoms with E-state index < -0.39 is 0 Å². The van der Waals surface area contributed by atoms with Crippen LogP contribution in [-0.4, -0.2) is 47.2 Å². The first-order valence-electron chi connectivity index (χ1n) is 7.63. The van der Waals surface area contributed by atoms with Crippen LogP contribution in [0.4, 0.5) is 4.39 Å². The minimum absolute atomic E-state index is 0.306. The number of aromatic nitrogens is 1. The fourth-order valence-electron chi connectivity index (χ4n) is 2.46. The average molecular weight is 331 g/mol. The van der Waals surface area contributed by atoms with Gasteiger partial charge < -0.3 is 19.6 Å². The van der Waals surface area contributed by atoms with Gasteiger partial charge in [-0.05, 0) is 43.3 Å². The van der Waals surface area contributed by atoms with Crippen LogP contribution in [0.3, 0.4) is 0 Å². The molecule has 0 spiro atoms. The Morgan fingerprint density at radius 1 is 1.21 bits per heavy atom. The van der Waals surface area contributed by atoms with Gasteiger partial charge in [-0.1, -0.05) is 5.16 Å². The Morgan fingerprint density at radius 2 is 1.92 bits per heavy atom. The number of hydrogen-bond acceptors (Lipinski definition) is 5. The summed E-state index contributed by atoms with van der Waals surface area (Å²) < 4.78 is 24.2. The molecule has 2 aromatic rings. The quantitative estimate of drug-likeness (QED) is 0.405. The van der Waals surface area contributed by atoms with Gasteiger partial charge in [0.05, 0.1) is 18.8 Å². The molecular formula is C17H18FN3O3. The Morgan fingerprint density at radius 3 is 2.58 bits per heavy atom. The summed E-state index contributed by atoms with van der Waals surface area (Å²) in [5.74, 6) is 0.796. The van der Waals surface area contributed by atoms with Crippen LogP contribution in [0.2, 0.25) is 0 Å². The van der Waals surface area contributed by atoms with Crippen molar-refractivity contribution in [2.24, 2.45) is 5.16 Å². The largest absolute Gasteiger partial charge is 0.438 e. The van der Waals surface area contributed by atoms with Crippen molar-refractivity contribution in [1.29, 1.82) is 0 Å². The standard InChI is InChI=1S/C17H18FN3O3/c1-12-2-7-15(16(20-22)21-8-10-23-11-9-21)17(19-12)24-14-5-3-13(18)4-6-14/h2-7,22H,8-11H2,1H3/b20-16-. The molecule has 1 N–H and O–H groups in total. The molecular weight excluding hydrogens is 313 g/mol. The van der Waals surface area contributed by atoms with E-state index in [4.69, 9.17) is 9.47 Å². The fourth-order valence-corrected chi connectivity index (χ4v) is 2.46. The van der Waals surface area contributed by atoms with Gasteiger partial charge in [-0.2, -0.15) is 0 Å². The van der Waals surface area contributed by atoms with Gasteiger partial charge in [-0.25, -0.2) is 9.37 Å². The maximum absolute atomic E-state index is 13.1. The molecule has 7 heteroatoms. The molecule has 0 radical (unpaired) electrons. The Hall–Kier alpha value is -2.67. The first kappa shape index (κ1) is 16.2. The van der Waals surface area contributed by atoms with Gasteiger partial charge >= 0.3 is 0 Å². The zero-order chi connectivity index (χ0) is 16.9. The van der Waals surface area contributed by atoms with Crippen LogP contribution < -0.4 is 4.74 Å². The second kappa shape index (κ2) is 7.27. The first-order valence-corrected chi connectivity index (χ1v) is 7.63. The van der Waals surface area contributed by atoms with Gasteiger partial charge in [0.25, 0.3) is 0 Å². The number of morpholine rings is 1. The molecule has 0 aliphatic carbocycles. The molecule has 0 amide bonds. The van der Waals surface area contributed by atoms with E-state index in [0.29, 0.717) is 49.3 Å². The third kappa shape index (κ3) is 3.62. The molecule has 1 aromatic heterocycles. The summed E-state index contributed by atoms with van der Waals surface area (Å²) in [4.78, 5) is 6.30. The molecule has 1 fully saturated rings. The Bertz CT molecular complexity index is 728. The number of benzene rings is 1. The second-order valence-corrected chi connectivity index (χ2v) is 5.38. The second-order valence-electron chi connectivity index (χ2n) is 5.38. The van der Waals surface area contributed by atoms with E-state index in [1.165, 1.54) is 24.3 Å². The van der Waals surface area contributed by atoms with Crippen molar-refractivity contribution in [1.82, 2.24) is 9.88 Å². The molecule has 0 atom stereocenters. The number of halogens is 1. The molecule has 3 rings (SSSR count). The summed E-state index contributed by atoms with van der Waals surface area (Å²) in [6, 6.07) is 9.28. The number of oxime groups is 1. The number of ether oxygens (including phenoxy) is 2. The minimum atomic E-state index is -0.342. The lowest BCUT2D eigenvalue weighted by Gasteiger charge is -2.29. The zero-order valence-electron chi connectivity index (χ0n) is 13.3. The zero-order valence-corrected chi connectivity index (χ0v) is 13.3. The summed E-state index contributed by atoms with van der Waals surface area (Å²) >= 11 is 0. The predicted molar refractivity (Wildman–Crippen MR) is 86.2 cm³/mol. The van der Waals surface area contributed by atoms with Crippen LogP contribution in [0.25, 0.3) is 0 Å². The summed E-state index contributed by atoms with van der Waals surface area (Å²) in [6.07, 6.45) is 0. The molecule has 1 saturated heterocycles. The molecule has 24 heavy (non-hydrogen) atoms. The van der Waals surface area contributed by atoms with Crippen LogP contribution in [0.5, 0.6) is 11.6 Å². The van der Waals surface area contributed by atoms with Crippen molar-refractivity contribution in [2.45, 2.75) is 6.92 Å². The lowest BCUT2D eigenvalue weighted by molar-refractivity contribution is 0.0667. The Labute approximate surface area is 139 Å². The molecule has 126 valence electrons. The summed E-state index contributed by atoms with van der Waals surface area (Å²) in [5, 5.41) is 12.9. The first-order chi connectivity index (χ1) is 11.7. The fraction of sp³-hybridized carbons (Fsp3) is 0.294. The molecule has 0 bridgehead atoms. The SMILES string of the molecule is Cc1ccc(/C(=N/O)N2CCOCC2)c(Oc2ccc(F)cc2)n1. The van der Waals surface area contributed by atoms with Gasteiger partial charge in [0, 0.05) is 18.8 Å². The van der Waals surface area contributed by atoms with Gasteiger partial charge in [0.1, 0.15) is 11.6 Å².